The molecule has 0 saturated carbocycles. The molecule has 0 aliphatic heterocycles. The van der Waals surface area contributed by atoms with Crippen molar-refractivity contribution in [3.05, 3.63) is 51.5 Å². The molecule has 0 aromatic heterocycles. The number of hydrogen-bond donors (Lipinski definition) is 1. The molecule has 8 nitrogen and oxygen atoms in total. The topological polar surface area (TPSA) is 137 Å². The van der Waals surface area contributed by atoms with E-state index >= 15 is 0 Å². The van der Waals surface area contributed by atoms with Crippen LogP contribution in [0, 0.1) is 0 Å². The molecule has 9 heteroatoms. The van der Waals surface area contributed by atoms with E-state index in [0.29, 0.717) is 0 Å². The highest BCUT2D eigenvalue weighted by molar-refractivity contribution is 7.95. The predicted octanol–water partition coefficient (Wildman–Crippen LogP) is 1.32. The maximum Gasteiger partial charge on any atom is 0.295 e. The third-order valence-corrected chi connectivity index (χ3v) is 3.38. The van der Waals surface area contributed by atoms with E-state index < -0.39 is 32.3 Å². The Kier molecular flexibility index (Phi) is 2.95. The Balaban J connectivity index is 2.98. The quantitative estimate of drug-likeness (QED) is 0.286. The molecule has 0 amide bonds. The van der Waals surface area contributed by atoms with Crippen LogP contribution in [0.4, 0.5) is 0 Å². The molecule has 0 bridgehead atoms. The van der Waals surface area contributed by atoms with Gasteiger partial charge in [0.05, 0.1) is 0 Å². The molecule has 0 spiro atoms. The van der Waals surface area contributed by atoms with Crippen molar-refractivity contribution in [1.29, 1.82) is 0 Å². The molecule has 19 heavy (non-hydrogen) atoms. The summed E-state index contributed by atoms with van der Waals surface area (Å²) in [6.45, 7) is 0. The number of ketones is 2. The molecule has 1 aliphatic rings. The minimum absolute atomic E-state index is 0.169. The van der Waals surface area contributed by atoms with Crippen LogP contribution < -0.4 is 0 Å². The van der Waals surface area contributed by atoms with Gasteiger partial charge in [-0.3, -0.25) is 14.1 Å². The van der Waals surface area contributed by atoms with Gasteiger partial charge in [0.2, 0.25) is 11.6 Å². The van der Waals surface area contributed by atoms with Gasteiger partial charge in [0.1, 0.15) is 10.6 Å². The number of azide groups is 1. The third kappa shape index (κ3) is 2.02. The van der Waals surface area contributed by atoms with Crippen molar-refractivity contribution < 1.29 is 22.6 Å². The van der Waals surface area contributed by atoms with Crippen molar-refractivity contribution in [2.75, 3.05) is 0 Å². The Bertz CT molecular complexity index is 787. The second kappa shape index (κ2) is 4.32. The second-order valence-electron chi connectivity index (χ2n) is 3.55. The first-order valence-corrected chi connectivity index (χ1v) is 6.27. The van der Waals surface area contributed by atoms with Crippen LogP contribution in [-0.2, 0) is 14.9 Å². The summed E-state index contributed by atoms with van der Waals surface area (Å²) in [7, 11) is -4.83. The lowest BCUT2D eigenvalue weighted by atomic mass is 9.93. The van der Waals surface area contributed by atoms with E-state index in [1.54, 1.807) is 0 Å². The summed E-state index contributed by atoms with van der Waals surface area (Å²) in [4.78, 5) is 24.9. The van der Waals surface area contributed by atoms with E-state index in [4.69, 9.17) is 10.1 Å². The first-order valence-electron chi connectivity index (χ1n) is 4.83. The van der Waals surface area contributed by atoms with Gasteiger partial charge in [-0.1, -0.05) is 29.4 Å². The molecule has 1 aliphatic carbocycles. The summed E-state index contributed by atoms with van der Waals surface area (Å²) >= 11 is 0. The molecule has 96 valence electrons. The predicted molar refractivity (Wildman–Crippen MR) is 63.4 cm³/mol. The van der Waals surface area contributed by atoms with Gasteiger partial charge in [0.15, 0.2) is 0 Å². The molecule has 0 unspecified atom stereocenters. The van der Waals surface area contributed by atoms with Crippen molar-refractivity contribution >= 4 is 26.6 Å². The van der Waals surface area contributed by atoms with Crippen LogP contribution in [0.15, 0.2) is 35.1 Å². The van der Waals surface area contributed by atoms with Gasteiger partial charge in [0, 0.05) is 16.0 Å². The molecule has 1 aromatic carbocycles. The fourth-order valence-corrected chi connectivity index (χ4v) is 2.57. The lowest BCUT2D eigenvalue weighted by Gasteiger charge is -2.16. The smallest absolute Gasteiger partial charge is 0.285 e. The average molecular weight is 279 g/mol. The zero-order valence-corrected chi connectivity index (χ0v) is 9.96. The number of carbonyl (C=O) groups excluding carboxylic acids is 2. The van der Waals surface area contributed by atoms with Crippen LogP contribution in [0.1, 0.15) is 15.9 Å². The normalized spacial score (nSPS) is 15.0. The Morgan fingerprint density at radius 1 is 1.11 bits per heavy atom. The maximum atomic E-state index is 11.7. The summed E-state index contributed by atoms with van der Waals surface area (Å²) < 4.78 is 31.8. The van der Waals surface area contributed by atoms with E-state index in [2.05, 4.69) is 10.0 Å². The first kappa shape index (κ1) is 13.0. The minimum Gasteiger partial charge on any atom is -0.285 e. The lowest BCUT2D eigenvalue weighted by Crippen LogP contribution is -2.25. The average Bonchev–Trinajstić information content (AvgIpc) is 2.34. The van der Waals surface area contributed by atoms with E-state index in [0.717, 1.165) is 0 Å². The fraction of sp³-hybridized carbons (Fsp3) is 0. The van der Waals surface area contributed by atoms with Crippen molar-refractivity contribution in [3.8, 4) is 0 Å². The maximum absolute atomic E-state index is 11.7. The molecule has 0 fully saturated rings. The summed E-state index contributed by atoms with van der Waals surface area (Å²) in [5.41, 5.74) is 7.08. The molecule has 2 rings (SSSR count). The first-order chi connectivity index (χ1) is 8.88. The Hall–Kier alpha value is -2.48. The van der Waals surface area contributed by atoms with Gasteiger partial charge in [0.25, 0.3) is 10.1 Å². The highest BCUT2D eigenvalue weighted by atomic mass is 32.2. The summed E-state index contributed by atoms with van der Waals surface area (Å²) in [5, 5.41) is 2.91. The fourth-order valence-electron chi connectivity index (χ4n) is 1.74. The van der Waals surface area contributed by atoms with E-state index in [-0.39, 0.29) is 11.1 Å². The number of benzene rings is 1. The van der Waals surface area contributed by atoms with Crippen LogP contribution >= 0.6 is 0 Å². The van der Waals surface area contributed by atoms with Gasteiger partial charge in [-0.25, -0.2) is 0 Å². The highest BCUT2D eigenvalue weighted by Crippen LogP contribution is 2.33. The van der Waals surface area contributed by atoms with Crippen LogP contribution in [0.2, 0.25) is 0 Å². The zero-order valence-electron chi connectivity index (χ0n) is 9.14. The van der Waals surface area contributed by atoms with Crippen LogP contribution in [-0.4, -0.2) is 24.5 Å². The van der Waals surface area contributed by atoms with E-state index in [1.807, 2.05) is 0 Å². The van der Waals surface area contributed by atoms with Gasteiger partial charge in [-0.15, -0.1) is 0 Å². The molecule has 0 saturated heterocycles. The monoisotopic (exact) mass is 279 g/mol. The minimum atomic E-state index is -4.83. The van der Waals surface area contributed by atoms with Crippen molar-refractivity contribution in [3.63, 3.8) is 0 Å². The van der Waals surface area contributed by atoms with Gasteiger partial charge in [-0.2, -0.15) is 8.42 Å². The van der Waals surface area contributed by atoms with Crippen LogP contribution in [0.25, 0.3) is 15.3 Å². The molecular formula is C10H5N3O5S. The SMILES string of the molecule is [N-]=[N+]=NC1=C(S(=O)(=O)O)c2ccccc2C(=O)C1=O. The Morgan fingerprint density at radius 3 is 2.21 bits per heavy atom. The van der Waals surface area contributed by atoms with Crippen molar-refractivity contribution in [1.82, 2.24) is 0 Å². The standard InChI is InChI=1S/C10H5N3O5S/c11-13-12-7-9(15)8(14)5-3-1-2-4-6(5)10(7)19(16,17)18/h1-4H,(H,16,17,18). The van der Waals surface area contributed by atoms with Gasteiger partial charge in [-0.05, 0) is 5.53 Å². The molecule has 1 N–H and O–H groups in total. The van der Waals surface area contributed by atoms with Crippen molar-refractivity contribution in [2.24, 2.45) is 5.11 Å². The lowest BCUT2D eigenvalue weighted by molar-refractivity contribution is -0.111. The number of nitrogens with zero attached hydrogens (tertiary/aromatic N) is 3. The van der Waals surface area contributed by atoms with E-state index in [9.17, 15) is 18.0 Å². The second-order valence-corrected chi connectivity index (χ2v) is 4.90. The Morgan fingerprint density at radius 2 is 1.68 bits per heavy atom. The molecule has 0 heterocycles. The molecule has 1 aromatic rings. The third-order valence-electron chi connectivity index (χ3n) is 2.46. The number of allylic oxidation sites excluding steroid dienone is 1. The largest absolute Gasteiger partial charge is 0.295 e. The van der Waals surface area contributed by atoms with E-state index in [1.165, 1.54) is 24.3 Å². The molecule has 0 radical (unpaired) electrons. The van der Waals surface area contributed by atoms with Crippen molar-refractivity contribution in [2.45, 2.75) is 0 Å². The summed E-state index contributed by atoms with van der Waals surface area (Å²) in [5.74, 6) is -2.27. The molecule has 0 atom stereocenters. The number of rotatable bonds is 2. The number of hydrogen-bond acceptors (Lipinski definition) is 5. The van der Waals surface area contributed by atoms with Crippen LogP contribution in [0.5, 0.6) is 0 Å². The van der Waals surface area contributed by atoms with Crippen LogP contribution in [0.3, 0.4) is 0 Å². The zero-order chi connectivity index (χ0) is 14.2. The van der Waals surface area contributed by atoms with Gasteiger partial charge < -0.3 is 0 Å². The number of carbonyl (C=O) groups is 2. The summed E-state index contributed by atoms with van der Waals surface area (Å²) in [6.07, 6.45) is 0. The summed E-state index contributed by atoms with van der Waals surface area (Å²) in [6, 6.07) is 5.33. The highest BCUT2D eigenvalue weighted by Gasteiger charge is 2.37. The molecular weight excluding hydrogens is 274 g/mol. The Labute approximate surface area is 106 Å². The number of fused-ring (bicyclic) bond motifs is 1. The van der Waals surface area contributed by atoms with Gasteiger partial charge >= 0.3 is 0 Å². The number of Topliss-reactive ketones (excluding diaryl/α,β-unsaturated/α-hetero) is 2.